The molecule has 15 heteroatoms. The van der Waals surface area contributed by atoms with Crippen molar-refractivity contribution in [3.63, 3.8) is 0 Å². The van der Waals surface area contributed by atoms with Crippen molar-refractivity contribution in [2.24, 2.45) is 0 Å². The predicted molar refractivity (Wildman–Crippen MR) is 188 cm³/mol. The molecule has 0 atom stereocenters. The largest absolute Gasteiger partial charge is 0.502 e. The number of aliphatic hydroxyl groups excluding tert-OH is 1. The number of hydrogen-bond acceptors (Lipinski definition) is 10. The van der Waals surface area contributed by atoms with Crippen LogP contribution < -0.4 is 10.0 Å². The fourth-order valence-corrected chi connectivity index (χ4v) is 6.60. The molecule has 0 spiro atoms. The van der Waals surface area contributed by atoms with Gasteiger partial charge in [0.05, 0.1) is 51.0 Å². The quantitative estimate of drug-likeness (QED) is 0.0420. The molecule has 3 aromatic carbocycles. The molecule has 0 radical (unpaired) electrons. The van der Waals surface area contributed by atoms with Crippen LogP contribution in [0.25, 0.3) is 22.3 Å². The van der Waals surface area contributed by atoms with Crippen LogP contribution in [0.1, 0.15) is 56.2 Å². The van der Waals surface area contributed by atoms with Crippen molar-refractivity contribution in [2.45, 2.75) is 31.1 Å². The van der Waals surface area contributed by atoms with Crippen LogP contribution in [0.15, 0.2) is 76.9 Å². The summed E-state index contributed by atoms with van der Waals surface area (Å²) >= 11 is 0. The van der Waals surface area contributed by atoms with Crippen LogP contribution in [0.5, 0.6) is 0 Å². The standard InChI is InChI=1S/C37H39FN2O11S/c1-39-36(43)34-30-19-29(24-6-7-24)27(18-33(30)51-35(34)26-8-10-28(38)11-9-26)22-52(46,47)40-12-13-48-14-15-49-16-17-50-21-23-2-4-25(5-3-23)31(41)20-32(42)37(44)45/h2-5,8-11,18-20,24,40,42H,6-7,12-17,21-22H2,1H3,(H,39,43)(H,44,45)/b32-20-. The number of carboxylic acid groups (broad SMARTS) is 1. The van der Waals surface area contributed by atoms with Crippen LogP contribution in [-0.2, 0) is 41.4 Å². The number of carboxylic acids is 1. The lowest BCUT2D eigenvalue weighted by Gasteiger charge is -2.12. The van der Waals surface area contributed by atoms with Gasteiger partial charge in [-0.15, -0.1) is 0 Å². The third-order valence-corrected chi connectivity index (χ3v) is 9.51. The van der Waals surface area contributed by atoms with Gasteiger partial charge in [0, 0.05) is 36.2 Å². The number of aliphatic hydroxyl groups is 1. The lowest BCUT2D eigenvalue weighted by Crippen LogP contribution is -2.29. The summed E-state index contributed by atoms with van der Waals surface area (Å²) in [6.45, 7) is 1.56. The third-order valence-electron chi connectivity index (χ3n) is 8.18. The number of carbonyl (C=O) groups excluding carboxylic acids is 2. The summed E-state index contributed by atoms with van der Waals surface area (Å²) in [7, 11) is -2.24. The number of nitrogens with one attached hydrogen (secondary N) is 2. The number of allylic oxidation sites excluding steroid dienone is 1. The van der Waals surface area contributed by atoms with Crippen LogP contribution in [0, 0.1) is 5.82 Å². The van der Waals surface area contributed by atoms with Gasteiger partial charge in [0.15, 0.2) is 5.78 Å². The van der Waals surface area contributed by atoms with E-state index in [-0.39, 0.29) is 61.9 Å². The molecule has 4 N–H and O–H groups in total. The molecule has 1 fully saturated rings. The van der Waals surface area contributed by atoms with Crippen LogP contribution in [0.4, 0.5) is 4.39 Å². The highest BCUT2D eigenvalue weighted by Gasteiger charge is 2.31. The minimum absolute atomic E-state index is 0.0597. The minimum Gasteiger partial charge on any atom is -0.502 e. The summed E-state index contributed by atoms with van der Waals surface area (Å²) in [5, 5.41) is 21.1. The zero-order valence-corrected chi connectivity index (χ0v) is 29.2. The van der Waals surface area contributed by atoms with Crippen molar-refractivity contribution >= 4 is 38.7 Å². The summed E-state index contributed by atoms with van der Waals surface area (Å²) in [6, 6.07) is 15.5. The second kappa shape index (κ2) is 17.5. The van der Waals surface area contributed by atoms with E-state index in [2.05, 4.69) is 10.0 Å². The molecule has 0 aliphatic heterocycles. The van der Waals surface area contributed by atoms with Crippen LogP contribution in [0.3, 0.4) is 0 Å². The Kier molecular flexibility index (Phi) is 12.9. The molecule has 5 rings (SSSR count). The van der Waals surface area contributed by atoms with Crippen LogP contribution >= 0.6 is 0 Å². The molecule has 276 valence electrons. The third kappa shape index (κ3) is 10.3. The summed E-state index contributed by atoms with van der Waals surface area (Å²) in [5.41, 5.74) is 3.63. The number of ketones is 1. The zero-order valence-electron chi connectivity index (χ0n) is 28.4. The van der Waals surface area contributed by atoms with Gasteiger partial charge >= 0.3 is 5.97 Å². The first kappa shape index (κ1) is 38.3. The molecule has 1 aliphatic carbocycles. The Hall–Kier alpha value is -4.93. The van der Waals surface area contributed by atoms with Gasteiger partial charge in [-0.2, -0.15) is 0 Å². The van der Waals surface area contributed by atoms with Gasteiger partial charge in [-0.05, 0) is 71.8 Å². The summed E-state index contributed by atoms with van der Waals surface area (Å²) in [6.07, 6.45) is 2.46. The van der Waals surface area contributed by atoms with Crippen molar-refractivity contribution < 1.29 is 56.0 Å². The second-order valence-corrected chi connectivity index (χ2v) is 13.8. The van der Waals surface area contributed by atoms with Crippen molar-refractivity contribution in [3.8, 4) is 11.3 Å². The van der Waals surface area contributed by atoms with E-state index in [1.165, 1.54) is 43.4 Å². The van der Waals surface area contributed by atoms with Crippen molar-refractivity contribution in [3.05, 3.63) is 106 Å². The molecule has 1 heterocycles. The number of aliphatic carboxylic acids is 1. The highest BCUT2D eigenvalue weighted by Crippen LogP contribution is 2.45. The number of fused-ring (bicyclic) bond motifs is 1. The fourth-order valence-electron chi connectivity index (χ4n) is 5.45. The number of sulfonamides is 1. The number of hydrogen-bond donors (Lipinski definition) is 4. The van der Waals surface area contributed by atoms with E-state index >= 15 is 0 Å². The van der Waals surface area contributed by atoms with E-state index in [4.69, 9.17) is 23.7 Å². The van der Waals surface area contributed by atoms with Gasteiger partial charge in [0.1, 0.15) is 17.2 Å². The van der Waals surface area contributed by atoms with Crippen molar-refractivity contribution in [2.75, 3.05) is 46.6 Å². The average molecular weight is 739 g/mol. The molecule has 4 aromatic rings. The Morgan fingerprint density at radius 2 is 1.58 bits per heavy atom. The molecule has 1 saturated carbocycles. The van der Waals surface area contributed by atoms with E-state index in [9.17, 15) is 32.3 Å². The summed E-state index contributed by atoms with van der Waals surface area (Å²) in [5.74, 6) is -3.87. The maximum absolute atomic E-state index is 13.6. The minimum atomic E-state index is -3.75. The van der Waals surface area contributed by atoms with Crippen molar-refractivity contribution in [1.29, 1.82) is 0 Å². The van der Waals surface area contributed by atoms with Gasteiger partial charge in [-0.3, -0.25) is 9.59 Å². The Labute approximate surface area is 299 Å². The first-order valence-electron chi connectivity index (χ1n) is 16.5. The molecule has 0 bridgehead atoms. The molecule has 1 aliphatic rings. The van der Waals surface area contributed by atoms with Gasteiger partial charge in [0.2, 0.25) is 15.8 Å². The maximum Gasteiger partial charge on any atom is 0.371 e. The van der Waals surface area contributed by atoms with Gasteiger partial charge in [-0.25, -0.2) is 22.3 Å². The lowest BCUT2D eigenvalue weighted by molar-refractivity contribution is -0.135. The monoisotopic (exact) mass is 738 g/mol. The van der Waals surface area contributed by atoms with E-state index in [1.54, 1.807) is 18.2 Å². The SMILES string of the molecule is CNC(=O)c1c(-c2ccc(F)cc2)oc2cc(CS(=O)(=O)NCCOCCOCCOCc3ccc(C(=O)/C=C(\O)C(=O)O)cc3)c(C3CC3)cc12. The maximum atomic E-state index is 13.6. The molecule has 0 unspecified atom stereocenters. The molecule has 1 aromatic heterocycles. The van der Waals surface area contributed by atoms with Gasteiger partial charge < -0.3 is 34.2 Å². The number of halogens is 1. The first-order chi connectivity index (χ1) is 25.0. The van der Waals surface area contributed by atoms with E-state index < -0.39 is 33.4 Å². The number of amides is 1. The van der Waals surface area contributed by atoms with E-state index in [1.807, 2.05) is 6.07 Å². The fraction of sp³-hybridized carbons (Fsp3) is 0.324. The van der Waals surface area contributed by atoms with E-state index in [0.29, 0.717) is 46.9 Å². The van der Waals surface area contributed by atoms with Crippen LogP contribution in [0.2, 0.25) is 0 Å². The number of furan rings is 1. The number of rotatable bonds is 20. The van der Waals surface area contributed by atoms with Crippen LogP contribution in [-0.4, -0.2) is 82.9 Å². The zero-order chi connectivity index (χ0) is 37.3. The highest BCUT2D eigenvalue weighted by atomic mass is 32.2. The molecule has 0 saturated heterocycles. The molecule has 1 amide bonds. The average Bonchev–Trinajstić information content (AvgIpc) is 3.90. The van der Waals surface area contributed by atoms with Crippen molar-refractivity contribution in [1.82, 2.24) is 10.0 Å². The number of ether oxygens (including phenoxy) is 3. The Morgan fingerprint density at radius 1 is 0.923 bits per heavy atom. The summed E-state index contributed by atoms with van der Waals surface area (Å²) in [4.78, 5) is 35.5. The molecule has 13 nitrogen and oxygen atoms in total. The topological polar surface area (TPSA) is 191 Å². The first-order valence-corrected chi connectivity index (χ1v) is 18.2. The van der Waals surface area contributed by atoms with E-state index in [0.717, 1.165) is 24.0 Å². The Morgan fingerprint density at radius 3 is 2.21 bits per heavy atom. The van der Waals surface area contributed by atoms with Gasteiger partial charge in [0.25, 0.3) is 5.91 Å². The van der Waals surface area contributed by atoms with Gasteiger partial charge in [-0.1, -0.05) is 24.3 Å². The normalized spacial score (nSPS) is 13.4. The predicted octanol–water partition coefficient (Wildman–Crippen LogP) is 4.85. The smallest absolute Gasteiger partial charge is 0.371 e. The summed E-state index contributed by atoms with van der Waals surface area (Å²) < 4.78 is 65.0. The Balaban J connectivity index is 1.04. The highest BCUT2D eigenvalue weighted by molar-refractivity contribution is 7.88. The number of carbonyl (C=O) groups is 3. The second-order valence-electron chi connectivity index (χ2n) is 12.0. The molecule has 52 heavy (non-hydrogen) atoms. The number of benzene rings is 3. The molecular formula is C37H39FN2O11S. The molecular weight excluding hydrogens is 699 g/mol. The lowest BCUT2D eigenvalue weighted by atomic mass is 9.98. The Bertz CT molecular complexity index is 2040.